The zero-order valence-corrected chi connectivity index (χ0v) is 14.7. The number of carbonyl (C=O) groups is 1. The summed E-state index contributed by atoms with van der Waals surface area (Å²) in [5.41, 5.74) is 4.65. The number of nitrogens with one attached hydrogen (secondary N) is 1. The molecule has 0 unspecified atom stereocenters. The molecule has 1 N–H and O–H groups in total. The van der Waals surface area contributed by atoms with Gasteiger partial charge in [0.05, 0.1) is 23.2 Å². The first-order chi connectivity index (χ1) is 12.5. The second-order valence-corrected chi connectivity index (χ2v) is 6.03. The Hall–Kier alpha value is -3.35. The molecule has 7 nitrogen and oxygen atoms in total. The second kappa shape index (κ2) is 7.11. The number of hydrogen-bond donors (Lipinski definition) is 1. The summed E-state index contributed by atoms with van der Waals surface area (Å²) >= 11 is 0. The van der Waals surface area contributed by atoms with Gasteiger partial charge in [0.15, 0.2) is 5.58 Å². The molecule has 0 saturated carbocycles. The van der Waals surface area contributed by atoms with Crippen molar-refractivity contribution in [2.75, 3.05) is 11.9 Å². The van der Waals surface area contributed by atoms with Crippen LogP contribution in [-0.4, -0.2) is 27.1 Å². The van der Waals surface area contributed by atoms with Gasteiger partial charge < -0.3 is 13.7 Å². The van der Waals surface area contributed by atoms with E-state index in [-0.39, 0.29) is 13.4 Å². The molecule has 0 aliphatic carbocycles. The average molecular weight is 366 g/mol. The Bertz CT molecular complexity index is 1130. The van der Waals surface area contributed by atoms with Crippen molar-refractivity contribution in [1.29, 1.82) is 0 Å². The van der Waals surface area contributed by atoms with Crippen molar-refractivity contribution in [2.45, 2.75) is 21.3 Å². The van der Waals surface area contributed by atoms with Gasteiger partial charge in [-0.3, -0.25) is 5.32 Å². The van der Waals surface area contributed by atoms with E-state index in [1.54, 1.807) is 19.1 Å². The lowest BCUT2D eigenvalue weighted by atomic mass is 10.2. The van der Waals surface area contributed by atoms with E-state index in [0.29, 0.717) is 29.7 Å². The number of fused-ring (bicyclic) bond motifs is 2. The Labute approximate surface area is 157 Å². The number of nitrogens with zero attached hydrogens (tertiary/aromatic N) is 3. The highest BCUT2D eigenvalue weighted by atomic mass is 16.5. The topological polar surface area (TPSA) is 82.2 Å². The molecule has 0 fully saturated rings. The van der Waals surface area contributed by atoms with Gasteiger partial charge in [-0.2, -0.15) is 4.98 Å². The third kappa shape index (κ3) is 3.36. The molecule has 0 aliphatic heterocycles. The predicted molar refractivity (Wildman–Crippen MR) is 105 cm³/mol. The number of aromatic nitrogens is 3. The minimum absolute atomic E-state index is 0. The highest BCUT2D eigenvalue weighted by Crippen LogP contribution is 2.25. The van der Waals surface area contributed by atoms with E-state index in [0.717, 1.165) is 22.2 Å². The largest absolute Gasteiger partial charge is 0.462 e. The Morgan fingerprint density at radius 3 is 2.78 bits per heavy atom. The molecule has 4 aromatic rings. The van der Waals surface area contributed by atoms with Gasteiger partial charge in [-0.05, 0) is 49.7 Å². The number of ether oxygens (including phenoxy) is 1. The maximum Gasteiger partial charge on any atom is 0.338 e. The van der Waals surface area contributed by atoms with Crippen LogP contribution in [0.3, 0.4) is 0 Å². The molecular formula is C20H22N4O3. The Kier molecular flexibility index (Phi) is 4.85. The molecule has 0 bridgehead atoms. The molecule has 0 radical (unpaired) electrons. The van der Waals surface area contributed by atoms with Crippen LogP contribution in [0.5, 0.6) is 0 Å². The highest BCUT2D eigenvalue weighted by Gasteiger charge is 2.14. The number of carbonyl (C=O) groups excluding carboxylic acids is 1. The lowest BCUT2D eigenvalue weighted by Gasteiger charge is -2.02. The third-order valence-electron chi connectivity index (χ3n) is 4.15. The van der Waals surface area contributed by atoms with Crippen LogP contribution in [0.25, 0.3) is 22.1 Å². The molecule has 140 valence electrons. The van der Waals surface area contributed by atoms with Gasteiger partial charge in [0, 0.05) is 7.05 Å². The van der Waals surface area contributed by atoms with Crippen molar-refractivity contribution in [2.24, 2.45) is 7.05 Å². The molecule has 0 amide bonds. The van der Waals surface area contributed by atoms with Gasteiger partial charge in [0.2, 0.25) is 5.95 Å². The number of esters is 1. The molecule has 4 rings (SSSR count). The van der Waals surface area contributed by atoms with Crippen LogP contribution in [0.1, 0.15) is 30.3 Å². The van der Waals surface area contributed by atoms with Crippen molar-refractivity contribution in [3.63, 3.8) is 0 Å². The molecule has 2 heterocycles. The Morgan fingerprint density at radius 1 is 1.19 bits per heavy atom. The van der Waals surface area contributed by atoms with Gasteiger partial charge in [0.1, 0.15) is 5.52 Å². The average Bonchev–Trinajstić information content (AvgIpc) is 3.15. The van der Waals surface area contributed by atoms with E-state index in [1.165, 1.54) is 0 Å². The first-order valence-corrected chi connectivity index (χ1v) is 8.33. The molecular weight excluding hydrogens is 344 g/mol. The molecule has 0 spiro atoms. The maximum atomic E-state index is 11.9. The second-order valence-electron chi connectivity index (χ2n) is 6.03. The maximum absolute atomic E-state index is 11.9. The van der Waals surface area contributed by atoms with Crippen molar-refractivity contribution in [3.8, 4) is 0 Å². The van der Waals surface area contributed by atoms with Gasteiger partial charge >= 0.3 is 12.0 Å². The summed E-state index contributed by atoms with van der Waals surface area (Å²) in [6.45, 7) is 4.12. The summed E-state index contributed by atoms with van der Waals surface area (Å²) in [5, 5.41) is 3.10. The van der Waals surface area contributed by atoms with Crippen molar-refractivity contribution >= 4 is 40.1 Å². The Morgan fingerprint density at radius 2 is 2.00 bits per heavy atom. The number of anilines is 2. The minimum atomic E-state index is -0.358. The normalized spacial score (nSPS) is 10.8. The summed E-state index contributed by atoms with van der Waals surface area (Å²) < 4.78 is 12.7. The van der Waals surface area contributed by atoms with E-state index in [9.17, 15) is 4.79 Å². The molecule has 2 aromatic carbocycles. The van der Waals surface area contributed by atoms with Gasteiger partial charge in [-0.15, -0.1) is 0 Å². The SMILES string of the molecule is C.CCOC(=O)c1ccc2c(c1)nc(Nc1nc3ccc(C)cc3o1)n2C. The van der Waals surface area contributed by atoms with E-state index >= 15 is 0 Å². The van der Waals surface area contributed by atoms with Crippen molar-refractivity contribution in [3.05, 3.63) is 47.5 Å². The van der Waals surface area contributed by atoms with E-state index in [1.807, 2.05) is 42.8 Å². The van der Waals surface area contributed by atoms with Crippen molar-refractivity contribution < 1.29 is 13.9 Å². The van der Waals surface area contributed by atoms with E-state index in [2.05, 4.69) is 15.3 Å². The summed E-state index contributed by atoms with van der Waals surface area (Å²) in [7, 11) is 1.88. The highest BCUT2D eigenvalue weighted by molar-refractivity contribution is 5.94. The van der Waals surface area contributed by atoms with Crippen molar-refractivity contribution in [1.82, 2.24) is 14.5 Å². The number of imidazole rings is 1. The zero-order valence-electron chi connectivity index (χ0n) is 14.7. The number of rotatable bonds is 4. The number of benzene rings is 2. The first-order valence-electron chi connectivity index (χ1n) is 8.33. The van der Waals surface area contributed by atoms with Crippen LogP contribution >= 0.6 is 0 Å². The molecule has 2 aromatic heterocycles. The third-order valence-corrected chi connectivity index (χ3v) is 4.15. The quantitative estimate of drug-likeness (QED) is 0.532. The van der Waals surface area contributed by atoms with E-state index < -0.39 is 0 Å². The summed E-state index contributed by atoms with van der Waals surface area (Å²) in [5.74, 6) is 0.216. The predicted octanol–water partition coefficient (Wildman–Crippen LogP) is 4.58. The fraction of sp³-hybridized carbons (Fsp3) is 0.250. The summed E-state index contributed by atoms with van der Waals surface area (Å²) in [6.07, 6.45) is 0. The fourth-order valence-electron chi connectivity index (χ4n) is 2.83. The minimum Gasteiger partial charge on any atom is -0.462 e. The molecule has 0 aliphatic rings. The lowest BCUT2D eigenvalue weighted by Crippen LogP contribution is -2.04. The number of aryl methyl sites for hydroxylation is 2. The molecule has 7 heteroatoms. The smallest absolute Gasteiger partial charge is 0.338 e. The number of hydrogen-bond acceptors (Lipinski definition) is 6. The standard InChI is InChI=1S/C19H18N4O3.CH4/c1-4-25-17(24)12-6-8-15-14(10-12)20-18(23(15)3)22-19-21-13-7-5-11(2)9-16(13)26-19;/h5-10H,4H2,1-3H3,(H,20,21,22);1H4. The van der Waals surface area contributed by atoms with Crippen LogP contribution in [-0.2, 0) is 11.8 Å². The number of oxazole rings is 1. The van der Waals surface area contributed by atoms with Crippen LogP contribution in [0.4, 0.5) is 12.0 Å². The molecule has 0 atom stereocenters. The van der Waals surface area contributed by atoms with Gasteiger partial charge in [-0.1, -0.05) is 13.5 Å². The van der Waals surface area contributed by atoms with Crippen LogP contribution in [0, 0.1) is 6.92 Å². The summed E-state index contributed by atoms with van der Waals surface area (Å²) in [6, 6.07) is 11.5. The molecule has 27 heavy (non-hydrogen) atoms. The lowest BCUT2D eigenvalue weighted by molar-refractivity contribution is 0.0526. The Balaban J connectivity index is 0.00000210. The first kappa shape index (κ1) is 18.4. The summed E-state index contributed by atoms with van der Waals surface area (Å²) in [4.78, 5) is 20.9. The van der Waals surface area contributed by atoms with Crippen LogP contribution in [0.15, 0.2) is 40.8 Å². The fourth-order valence-corrected chi connectivity index (χ4v) is 2.83. The van der Waals surface area contributed by atoms with Crippen LogP contribution < -0.4 is 5.32 Å². The van der Waals surface area contributed by atoms with Gasteiger partial charge in [-0.25, -0.2) is 9.78 Å². The molecule has 0 saturated heterocycles. The van der Waals surface area contributed by atoms with Crippen LogP contribution in [0.2, 0.25) is 0 Å². The van der Waals surface area contributed by atoms with Gasteiger partial charge in [0.25, 0.3) is 0 Å². The zero-order chi connectivity index (χ0) is 18.3. The monoisotopic (exact) mass is 366 g/mol. The van der Waals surface area contributed by atoms with E-state index in [4.69, 9.17) is 9.15 Å².